The molecule has 0 bridgehead atoms. The Morgan fingerprint density at radius 1 is 0.864 bits per heavy atom. The quantitative estimate of drug-likeness (QED) is 0.590. The van der Waals surface area contributed by atoms with Gasteiger partial charge in [0.2, 0.25) is 0 Å². The lowest BCUT2D eigenvalue weighted by molar-refractivity contribution is -0.334. The first-order valence-electron chi connectivity index (χ1n) is 4.97. The fourth-order valence-electron chi connectivity index (χ4n) is 1.11. The summed E-state index contributed by atoms with van der Waals surface area (Å²) in [5, 5.41) is -6.92. The second-order valence-corrected chi connectivity index (χ2v) is 6.23. The summed E-state index contributed by atoms with van der Waals surface area (Å²) in [4.78, 5) is 0. The Morgan fingerprint density at radius 3 is 1.41 bits per heavy atom. The number of hydrogen-bond donors (Lipinski definition) is 1. The Kier molecular flexibility index (Phi) is 4.92. The van der Waals surface area contributed by atoms with E-state index in [9.17, 15) is 52.3 Å². The van der Waals surface area contributed by atoms with Crippen molar-refractivity contribution >= 4 is 10.1 Å². The van der Waals surface area contributed by atoms with Crippen molar-refractivity contribution in [1.82, 2.24) is 0 Å². The van der Waals surface area contributed by atoms with Crippen molar-refractivity contribution < 1.29 is 56.9 Å². The van der Waals surface area contributed by atoms with Crippen LogP contribution in [0.2, 0.25) is 0 Å². The number of rotatable bonds is 5. The lowest BCUT2D eigenvalue weighted by Crippen LogP contribution is -2.64. The zero-order chi connectivity index (χ0) is 18.6. The third kappa shape index (κ3) is 2.86. The minimum atomic E-state index is -7.17. The Labute approximate surface area is 117 Å². The van der Waals surface area contributed by atoms with Crippen LogP contribution < -0.4 is 0 Å². The molecule has 0 aliphatic carbocycles. The van der Waals surface area contributed by atoms with Crippen LogP contribution in [0.1, 0.15) is 13.8 Å². The lowest BCUT2D eigenvalue weighted by Gasteiger charge is -2.39. The summed E-state index contributed by atoms with van der Waals surface area (Å²) >= 11 is 0. The van der Waals surface area contributed by atoms with Gasteiger partial charge in [-0.1, -0.05) is 0 Å². The van der Waals surface area contributed by atoms with E-state index in [1.165, 1.54) is 0 Å². The molecule has 1 unspecified atom stereocenters. The van der Waals surface area contributed by atoms with Crippen LogP contribution in [-0.4, -0.2) is 42.4 Å². The zero-order valence-electron chi connectivity index (χ0n) is 10.5. The smallest absolute Gasteiger partial charge is 0.281 e. The van der Waals surface area contributed by atoms with E-state index >= 15 is 0 Å². The Hall–Kier alpha value is -0.790. The second kappa shape index (κ2) is 5.11. The zero-order valence-corrected chi connectivity index (χ0v) is 11.3. The average molecular weight is 374 g/mol. The first-order valence-corrected chi connectivity index (χ1v) is 6.41. The van der Waals surface area contributed by atoms with Gasteiger partial charge < -0.3 is 0 Å². The summed E-state index contributed by atoms with van der Waals surface area (Å²) in [5.74, 6) is -13.9. The maximum Gasteiger partial charge on any atom is 0.438 e. The molecule has 0 saturated heterocycles. The van der Waals surface area contributed by atoms with Gasteiger partial charge in [-0.3, -0.25) is 4.55 Å². The minimum absolute atomic E-state index is 0.312. The van der Waals surface area contributed by atoms with Crippen molar-refractivity contribution in [2.24, 2.45) is 5.41 Å². The van der Waals surface area contributed by atoms with Gasteiger partial charge in [0, 0.05) is 0 Å². The van der Waals surface area contributed by atoms with Crippen molar-refractivity contribution in [3.63, 3.8) is 0 Å². The maximum absolute atomic E-state index is 13.3. The molecule has 0 aromatic rings. The van der Waals surface area contributed by atoms with Gasteiger partial charge in [0.25, 0.3) is 0 Å². The summed E-state index contributed by atoms with van der Waals surface area (Å²) in [7, 11) is -7.17. The minimum Gasteiger partial charge on any atom is -0.281 e. The first-order chi connectivity index (χ1) is 9.15. The second-order valence-electron chi connectivity index (χ2n) is 4.77. The molecule has 14 heteroatoms. The molecular formula is C8H8F10O3S. The molecule has 1 N–H and O–H groups in total. The van der Waals surface area contributed by atoms with Crippen molar-refractivity contribution in [1.29, 1.82) is 0 Å². The topological polar surface area (TPSA) is 54.4 Å². The van der Waals surface area contributed by atoms with Crippen LogP contribution in [0.5, 0.6) is 0 Å². The third-order valence-corrected chi connectivity index (χ3v) is 3.69. The molecule has 134 valence electrons. The van der Waals surface area contributed by atoms with E-state index in [1.807, 2.05) is 0 Å². The van der Waals surface area contributed by atoms with Crippen LogP contribution in [0.15, 0.2) is 0 Å². The van der Waals surface area contributed by atoms with E-state index in [2.05, 4.69) is 0 Å². The first kappa shape index (κ1) is 21.2. The van der Waals surface area contributed by atoms with Crippen molar-refractivity contribution in [3.8, 4) is 0 Å². The molecule has 22 heavy (non-hydrogen) atoms. The summed E-state index contributed by atoms with van der Waals surface area (Å²) in [6, 6.07) is 0. The van der Waals surface area contributed by atoms with Gasteiger partial charge in [0.1, 0.15) is 0 Å². The van der Waals surface area contributed by atoms with E-state index in [0.717, 1.165) is 0 Å². The molecule has 3 nitrogen and oxygen atoms in total. The molecule has 0 aliphatic heterocycles. The molecule has 0 aromatic carbocycles. The molecule has 0 amide bonds. The summed E-state index contributed by atoms with van der Waals surface area (Å²) < 4.78 is 156. The number of hydrogen-bond acceptors (Lipinski definition) is 2. The number of alkyl halides is 10. The van der Waals surface area contributed by atoms with Gasteiger partial charge in [-0.2, -0.15) is 47.9 Å². The van der Waals surface area contributed by atoms with Gasteiger partial charge in [-0.05, 0) is 13.8 Å². The van der Waals surface area contributed by atoms with Crippen LogP contribution in [0.25, 0.3) is 0 Å². The highest BCUT2D eigenvalue weighted by atomic mass is 32.2. The molecule has 0 fully saturated rings. The third-order valence-electron chi connectivity index (χ3n) is 2.79. The van der Waals surface area contributed by atoms with E-state index in [4.69, 9.17) is 4.55 Å². The van der Waals surface area contributed by atoms with Crippen LogP contribution in [0.4, 0.5) is 43.9 Å². The monoisotopic (exact) mass is 374 g/mol. The standard InChI is InChI=1S/C8H8F10O3S/c1-4(2,7(14,15)16)3(9)5(10,11)6(12,13)8(17,18)22(19,20)21/h3H,1-2H3,(H,19,20,21). The number of halogens is 10. The molecule has 0 aromatic heterocycles. The van der Waals surface area contributed by atoms with E-state index in [1.54, 1.807) is 0 Å². The van der Waals surface area contributed by atoms with E-state index in [-0.39, 0.29) is 13.8 Å². The molecule has 0 radical (unpaired) electrons. The Bertz CT molecular complexity index is 521. The van der Waals surface area contributed by atoms with Crippen molar-refractivity contribution in [3.05, 3.63) is 0 Å². The van der Waals surface area contributed by atoms with Gasteiger partial charge in [0.15, 0.2) is 6.17 Å². The van der Waals surface area contributed by atoms with E-state index < -0.39 is 45.0 Å². The van der Waals surface area contributed by atoms with Crippen LogP contribution in [-0.2, 0) is 10.1 Å². The largest absolute Gasteiger partial charge is 0.438 e. The van der Waals surface area contributed by atoms with Crippen molar-refractivity contribution in [2.45, 2.75) is 43.3 Å². The molecule has 0 saturated carbocycles. The average Bonchev–Trinajstić information content (AvgIpc) is 2.24. The predicted molar refractivity (Wildman–Crippen MR) is 51.1 cm³/mol. The van der Waals surface area contributed by atoms with Crippen LogP contribution in [0.3, 0.4) is 0 Å². The highest BCUT2D eigenvalue weighted by Gasteiger charge is 2.82. The Balaban J connectivity index is 6.15. The normalized spacial score (nSPS) is 17.5. The highest BCUT2D eigenvalue weighted by molar-refractivity contribution is 7.87. The van der Waals surface area contributed by atoms with Gasteiger partial charge in [-0.15, -0.1) is 0 Å². The van der Waals surface area contributed by atoms with Crippen molar-refractivity contribution in [2.75, 3.05) is 0 Å². The van der Waals surface area contributed by atoms with Crippen LogP contribution >= 0.6 is 0 Å². The molecule has 1 atom stereocenters. The Morgan fingerprint density at radius 2 is 1.18 bits per heavy atom. The van der Waals surface area contributed by atoms with Crippen LogP contribution in [0, 0.1) is 5.41 Å². The molecule has 0 rings (SSSR count). The lowest BCUT2D eigenvalue weighted by atomic mass is 9.81. The summed E-state index contributed by atoms with van der Waals surface area (Å²) in [6.07, 6.45) is -10.8. The molecule has 0 spiro atoms. The van der Waals surface area contributed by atoms with Gasteiger partial charge in [-0.25, -0.2) is 4.39 Å². The summed E-state index contributed by atoms with van der Waals surface area (Å²) in [6.45, 7) is -0.625. The predicted octanol–water partition coefficient (Wildman–Crippen LogP) is 3.66. The molecular weight excluding hydrogens is 366 g/mol. The fourth-order valence-corrected chi connectivity index (χ4v) is 1.57. The fraction of sp³-hybridized carbons (Fsp3) is 1.00. The maximum atomic E-state index is 13.3. The van der Waals surface area contributed by atoms with E-state index in [0.29, 0.717) is 0 Å². The molecule has 0 aliphatic rings. The van der Waals surface area contributed by atoms with Gasteiger partial charge in [0.05, 0.1) is 5.41 Å². The SMILES string of the molecule is CC(C)(C(F)C(F)(F)C(F)(F)C(F)(F)S(=O)(=O)O)C(F)(F)F. The molecule has 0 heterocycles. The highest BCUT2D eigenvalue weighted by Crippen LogP contribution is 2.55. The summed E-state index contributed by atoms with van der Waals surface area (Å²) in [5.41, 5.74) is -4.23. The van der Waals surface area contributed by atoms with Gasteiger partial charge >= 0.3 is 33.4 Å².